The minimum Gasteiger partial charge on any atom is -0.504 e. The lowest BCUT2D eigenvalue weighted by atomic mass is 10.0. The Balaban J connectivity index is 2.62. The van der Waals surface area contributed by atoms with E-state index in [9.17, 15) is 17.9 Å². The molecular weight excluding hydrogens is 255 g/mol. The van der Waals surface area contributed by atoms with Crippen LogP contribution in [0.4, 0.5) is 4.39 Å². The SMILES string of the molecule is CS(=O)(=O)c1cccc(-c2cccc(F)c2O)c1. The zero-order valence-corrected chi connectivity index (χ0v) is 10.4. The van der Waals surface area contributed by atoms with E-state index in [1.807, 2.05) is 0 Å². The van der Waals surface area contributed by atoms with E-state index in [1.165, 1.54) is 24.3 Å². The van der Waals surface area contributed by atoms with Crippen LogP contribution in [0.15, 0.2) is 47.4 Å². The standard InChI is InChI=1S/C13H11FO3S/c1-18(16,17)10-5-2-4-9(8-10)11-6-3-7-12(14)13(11)15/h2-8,15H,1H3. The van der Waals surface area contributed by atoms with Gasteiger partial charge in [0.05, 0.1) is 4.90 Å². The number of rotatable bonds is 2. The summed E-state index contributed by atoms with van der Waals surface area (Å²) in [5.41, 5.74) is 0.718. The molecule has 0 saturated heterocycles. The van der Waals surface area contributed by atoms with Crippen LogP contribution in [0.3, 0.4) is 0 Å². The van der Waals surface area contributed by atoms with Crippen LogP contribution < -0.4 is 0 Å². The number of para-hydroxylation sites is 1. The molecule has 0 heterocycles. The Labute approximate surface area is 104 Å². The predicted octanol–water partition coefficient (Wildman–Crippen LogP) is 2.60. The number of sulfone groups is 1. The molecule has 0 bridgehead atoms. The molecule has 0 aliphatic rings. The van der Waals surface area contributed by atoms with Gasteiger partial charge >= 0.3 is 0 Å². The van der Waals surface area contributed by atoms with Crippen LogP contribution in [0.2, 0.25) is 0 Å². The van der Waals surface area contributed by atoms with Crippen molar-refractivity contribution in [1.29, 1.82) is 0 Å². The molecule has 0 fully saturated rings. The van der Waals surface area contributed by atoms with Gasteiger partial charge in [0.25, 0.3) is 0 Å². The van der Waals surface area contributed by atoms with Crippen molar-refractivity contribution in [3.63, 3.8) is 0 Å². The first kappa shape index (κ1) is 12.6. The highest BCUT2D eigenvalue weighted by Crippen LogP contribution is 2.32. The summed E-state index contributed by atoms with van der Waals surface area (Å²) in [5, 5.41) is 9.62. The molecule has 0 radical (unpaired) electrons. The molecule has 1 N–H and O–H groups in total. The molecule has 94 valence electrons. The normalized spacial score (nSPS) is 11.4. The summed E-state index contributed by atoms with van der Waals surface area (Å²) in [5.74, 6) is -1.22. The second-order valence-corrected chi connectivity index (χ2v) is 5.95. The number of hydrogen-bond acceptors (Lipinski definition) is 3. The van der Waals surface area contributed by atoms with Gasteiger partial charge in [0, 0.05) is 11.8 Å². The largest absolute Gasteiger partial charge is 0.504 e. The van der Waals surface area contributed by atoms with Gasteiger partial charge in [-0.1, -0.05) is 24.3 Å². The lowest BCUT2D eigenvalue weighted by molar-refractivity contribution is 0.434. The molecule has 3 nitrogen and oxygen atoms in total. The van der Waals surface area contributed by atoms with Gasteiger partial charge in [0.1, 0.15) is 0 Å². The van der Waals surface area contributed by atoms with Crippen molar-refractivity contribution in [3.8, 4) is 16.9 Å². The van der Waals surface area contributed by atoms with Crippen LogP contribution in [0.1, 0.15) is 0 Å². The molecule has 0 saturated carbocycles. The van der Waals surface area contributed by atoms with E-state index in [0.717, 1.165) is 12.3 Å². The van der Waals surface area contributed by atoms with Crippen LogP contribution in [-0.2, 0) is 9.84 Å². The molecule has 18 heavy (non-hydrogen) atoms. The fraction of sp³-hybridized carbons (Fsp3) is 0.0769. The first-order valence-electron chi connectivity index (χ1n) is 5.17. The van der Waals surface area contributed by atoms with Crippen LogP contribution in [0.25, 0.3) is 11.1 Å². The molecule has 0 unspecified atom stereocenters. The Morgan fingerprint density at radius 1 is 1.11 bits per heavy atom. The van der Waals surface area contributed by atoms with E-state index >= 15 is 0 Å². The average Bonchev–Trinajstić information content (AvgIpc) is 2.32. The van der Waals surface area contributed by atoms with Gasteiger partial charge in [-0.25, -0.2) is 12.8 Å². The lowest BCUT2D eigenvalue weighted by Crippen LogP contribution is -1.96. The molecule has 0 amide bonds. The van der Waals surface area contributed by atoms with E-state index in [1.54, 1.807) is 12.1 Å². The van der Waals surface area contributed by atoms with E-state index in [4.69, 9.17) is 0 Å². The number of phenolic OH excluding ortho intramolecular Hbond substituents is 1. The maximum Gasteiger partial charge on any atom is 0.175 e. The van der Waals surface area contributed by atoms with Crippen LogP contribution >= 0.6 is 0 Å². The van der Waals surface area contributed by atoms with Gasteiger partial charge in [-0.05, 0) is 23.8 Å². The number of benzene rings is 2. The molecule has 0 aromatic heterocycles. The Kier molecular flexibility index (Phi) is 3.09. The van der Waals surface area contributed by atoms with Crippen molar-refractivity contribution in [1.82, 2.24) is 0 Å². The summed E-state index contributed by atoms with van der Waals surface area (Å²) in [6.07, 6.45) is 1.09. The maximum absolute atomic E-state index is 13.2. The molecule has 0 aliphatic heterocycles. The molecular formula is C13H11FO3S. The monoisotopic (exact) mass is 266 g/mol. The third kappa shape index (κ3) is 2.36. The fourth-order valence-corrected chi connectivity index (χ4v) is 2.31. The number of phenols is 1. The highest BCUT2D eigenvalue weighted by molar-refractivity contribution is 7.90. The Morgan fingerprint density at radius 3 is 2.44 bits per heavy atom. The van der Waals surface area contributed by atoms with E-state index in [2.05, 4.69) is 0 Å². The second-order valence-electron chi connectivity index (χ2n) is 3.94. The van der Waals surface area contributed by atoms with Crippen molar-refractivity contribution in [2.45, 2.75) is 4.90 Å². The van der Waals surface area contributed by atoms with Gasteiger partial charge in [-0.2, -0.15) is 0 Å². The molecule has 0 aliphatic carbocycles. The molecule has 0 atom stereocenters. The van der Waals surface area contributed by atoms with E-state index < -0.39 is 21.4 Å². The quantitative estimate of drug-likeness (QED) is 0.909. The third-order valence-corrected chi connectivity index (χ3v) is 3.67. The summed E-state index contributed by atoms with van der Waals surface area (Å²) < 4.78 is 36.1. The minimum absolute atomic E-state index is 0.128. The maximum atomic E-state index is 13.2. The summed E-state index contributed by atoms with van der Waals surface area (Å²) >= 11 is 0. The minimum atomic E-state index is -3.33. The number of halogens is 1. The zero-order valence-electron chi connectivity index (χ0n) is 9.59. The summed E-state index contributed by atoms with van der Waals surface area (Å²) in [4.78, 5) is 0.128. The molecule has 0 spiro atoms. The Hall–Kier alpha value is -1.88. The van der Waals surface area contributed by atoms with Crippen molar-refractivity contribution in [2.75, 3.05) is 6.26 Å². The summed E-state index contributed by atoms with van der Waals surface area (Å²) in [7, 11) is -3.33. The van der Waals surface area contributed by atoms with Crippen molar-refractivity contribution in [3.05, 3.63) is 48.3 Å². The molecule has 2 rings (SSSR count). The first-order chi connectivity index (χ1) is 8.39. The summed E-state index contributed by atoms with van der Waals surface area (Å²) in [6.45, 7) is 0. The van der Waals surface area contributed by atoms with Gasteiger partial charge in [-0.15, -0.1) is 0 Å². The zero-order chi connectivity index (χ0) is 13.3. The second kappa shape index (κ2) is 4.42. The molecule has 5 heteroatoms. The van der Waals surface area contributed by atoms with Crippen molar-refractivity contribution < 1.29 is 17.9 Å². The number of aromatic hydroxyl groups is 1. The topological polar surface area (TPSA) is 54.4 Å². The van der Waals surface area contributed by atoms with Gasteiger partial charge in [-0.3, -0.25) is 0 Å². The molecule has 2 aromatic rings. The van der Waals surface area contributed by atoms with Crippen LogP contribution in [0.5, 0.6) is 5.75 Å². The van der Waals surface area contributed by atoms with Gasteiger partial charge in [0.15, 0.2) is 21.4 Å². The van der Waals surface area contributed by atoms with Gasteiger partial charge < -0.3 is 5.11 Å². The fourth-order valence-electron chi connectivity index (χ4n) is 1.64. The molecule has 2 aromatic carbocycles. The van der Waals surface area contributed by atoms with E-state index in [-0.39, 0.29) is 10.5 Å². The Bertz CT molecular complexity index is 693. The van der Waals surface area contributed by atoms with Crippen LogP contribution in [0, 0.1) is 5.82 Å². The van der Waals surface area contributed by atoms with E-state index in [0.29, 0.717) is 5.56 Å². The smallest absolute Gasteiger partial charge is 0.175 e. The van der Waals surface area contributed by atoms with Crippen molar-refractivity contribution >= 4 is 9.84 Å². The number of hydrogen-bond donors (Lipinski definition) is 1. The lowest BCUT2D eigenvalue weighted by Gasteiger charge is -2.07. The summed E-state index contributed by atoms with van der Waals surface area (Å²) in [6, 6.07) is 10.1. The van der Waals surface area contributed by atoms with Gasteiger partial charge in [0.2, 0.25) is 0 Å². The highest BCUT2D eigenvalue weighted by Gasteiger charge is 2.12. The highest BCUT2D eigenvalue weighted by atomic mass is 32.2. The van der Waals surface area contributed by atoms with Crippen LogP contribution in [-0.4, -0.2) is 19.8 Å². The first-order valence-corrected chi connectivity index (χ1v) is 7.07. The third-order valence-electron chi connectivity index (χ3n) is 2.56. The average molecular weight is 266 g/mol. The van der Waals surface area contributed by atoms with Crippen molar-refractivity contribution in [2.24, 2.45) is 0 Å². The predicted molar refractivity (Wildman–Crippen MR) is 66.6 cm³/mol. The Morgan fingerprint density at radius 2 is 1.78 bits per heavy atom.